The van der Waals surface area contributed by atoms with Crippen LogP contribution in [0.5, 0.6) is 0 Å². The Labute approximate surface area is 162 Å². The Kier molecular flexibility index (Phi) is 5.59. The molecule has 0 atom stereocenters. The number of allylic oxidation sites excluding steroid dienone is 1. The number of hydrogen-bond donors (Lipinski definition) is 1. The fourth-order valence-electron chi connectivity index (χ4n) is 2.70. The molecule has 0 spiro atoms. The zero-order chi connectivity index (χ0) is 20.3. The third-order valence-electron chi connectivity index (χ3n) is 4.19. The first kappa shape index (κ1) is 19.7. The van der Waals surface area contributed by atoms with Crippen LogP contribution in [0.1, 0.15) is 38.6 Å². The van der Waals surface area contributed by atoms with Crippen LogP contribution in [-0.4, -0.2) is 30.2 Å². The van der Waals surface area contributed by atoms with Crippen molar-refractivity contribution in [3.8, 4) is 11.4 Å². The summed E-state index contributed by atoms with van der Waals surface area (Å²) in [6.45, 7) is 4.99. The Morgan fingerprint density at radius 2 is 1.93 bits per heavy atom. The lowest BCUT2D eigenvalue weighted by atomic mass is 10.1. The summed E-state index contributed by atoms with van der Waals surface area (Å²) in [6.07, 6.45) is 0.818. The summed E-state index contributed by atoms with van der Waals surface area (Å²) in [5, 5.41) is 3.89. The zero-order valence-corrected chi connectivity index (χ0v) is 16.5. The second-order valence-electron chi connectivity index (χ2n) is 6.26. The highest BCUT2D eigenvalue weighted by Gasteiger charge is 2.23. The molecule has 148 valence electrons. The average Bonchev–Trinajstić information content (AvgIpc) is 3.11. The van der Waals surface area contributed by atoms with Gasteiger partial charge in [0, 0.05) is 16.8 Å². The summed E-state index contributed by atoms with van der Waals surface area (Å²) in [7, 11) is -3.74. The number of rotatable bonds is 6. The van der Waals surface area contributed by atoms with Crippen molar-refractivity contribution in [2.45, 2.75) is 40.2 Å². The van der Waals surface area contributed by atoms with Crippen molar-refractivity contribution in [1.29, 1.82) is 0 Å². The minimum absolute atomic E-state index is 0.122. The average molecular weight is 404 g/mol. The molecule has 10 heteroatoms. The molecule has 2 heterocycles. The molecular formula is C18H20N4O5S. The normalized spacial score (nSPS) is 15.8. The van der Waals surface area contributed by atoms with Crippen LogP contribution in [0.25, 0.3) is 11.4 Å². The van der Waals surface area contributed by atoms with Crippen molar-refractivity contribution < 1.29 is 22.5 Å². The molecule has 3 rings (SSSR count). The summed E-state index contributed by atoms with van der Waals surface area (Å²) in [5.74, 6) is 0.0253. The summed E-state index contributed by atoms with van der Waals surface area (Å²) >= 11 is 0. The van der Waals surface area contributed by atoms with E-state index in [0.29, 0.717) is 17.1 Å². The van der Waals surface area contributed by atoms with E-state index < -0.39 is 16.2 Å². The van der Waals surface area contributed by atoms with Gasteiger partial charge in [0.1, 0.15) is 0 Å². The molecule has 0 aliphatic carbocycles. The zero-order valence-electron chi connectivity index (χ0n) is 15.7. The van der Waals surface area contributed by atoms with Gasteiger partial charge in [-0.3, -0.25) is 9.52 Å². The van der Waals surface area contributed by atoms with E-state index in [0.717, 1.165) is 12.0 Å². The smallest absolute Gasteiger partial charge is 0.342 e. The highest BCUT2D eigenvalue weighted by molar-refractivity contribution is 7.88. The number of aromatic nitrogens is 2. The van der Waals surface area contributed by atoms with Gasteiger partial charge in [0.05, 0.1) is 12.1 Å². The van der Waals surface area contributed by atoms with Gasteiger partial charge >= 0.3 is 16.2 Å². The summed E-state index contributed by atoms with van der Waals surface area (Å²) in [4.78, 5) is 16.3. The summed E-state index contributed by atoms with van der Waals surface area (Å²) in [6, 6.07) is 7.79. The maximum Gasteiger partial charge on any atom is 0.342 e. The fraction of sp³-hybridized carbons (Fsp3) is 0.333. The molecule has 1 N–H and O–H groups in total. The number of benzene rings is 1. The van der Waals surface area contributed by atoms with E-state index in [-0.39, 0.29) is 24.6 Å². The number of carbonyl (C=O) groups is 1. The van der Waals surface area contributed by atoms with Gasteiger partial charge in [0.25, 0.3) is 5.89 Å². The predicted octanol–water partition coefficient (Wildman–Crippen LogP) is 2.32. The molecule has 9 nitrogen and oxygen atoms in total. The van der Waals surface area contributed by atoms with E-state index >= 15 is 0 Å². The van der Waals surface area contributed by atoms with Crippen molar-refractivity contribution in [2.75, 3.05) is 0 Å². The topological polar surface area (TPSA) is 124 Å². The van der Waals surface area contributed by atoms with Crippen molar-refractivity contribution in [1.82, 2.24) is 14.9 Å². The lowest BCUT2D eigenvalue weighted by Gasteiger charge is -2.17. The second-order valence-corrected chi connectivity index (χ2v) is 7.59. The highest BCUT2D eigenvalue weighted by Crippen LogP contribution is 2.19. The van der Waals surface area contributed by atoms with Crippen LogP contribution in [-0.2, 0) is 32.8 Å². The molecule has 0 radical (unpaired) electrons. The molecule has 1 aromatic carbocycles. The maximum atomic E-state index is 12.1. The van der Waals surface area contributed by atoms with Crippen molar-refractivity contribution in [2.24, 2.45) is 4.40 Å². The van der Waals surface area contributed by atoms with Crippen molar-refractivity contribution in [3.05, 3.63) is 47.0 Å². The van der Waals surface area contributed by atoms with E-state index in [1.807, 2.05) is 24.3 Å². The number of hydrogen-bond acceptors (Lipinski definition) is 7. The molecule has 1 aromatic heterocycles. The van der Waals surface area contributed by atoms with Crippen LogP contribution < -0.4 is 4.72 Å². The van der Waals surface area contributed by atoms with Gasteiger partial charge in [-0.25, -0.2) is 0 Å². The van der Waals surface area contributed by atoms with Gasteiger partial charge in [0.15, 0.2) is 6.61 Å². The van der Waals surface area contributed by atoms with E-state index in [1.165, 1.54) is 12.5 Å². The first-order chi connectivity index (χ1) is 13.3. The molecule has 28 heavy (non-hydrogen) atoms. The third-order valence-corrected chi connectivity index (χ3v) is 5.27. The van der Waals surface area contributed by atoms with Crippen LogP contribution in [0, 0.1) is 0 Å². The maximum absolute atomic E-state index is 12.1. The molecule has 0 saturated carbocycles. The van der Waals surface area contributed by atoms with Crippen LogP contribution in [0.2, 0.25) is 0 Å². The van der Waals surface area contributed by atoms with E-state index in [4.69, 9.17) is 9.26 Å². The molecule has 2 aromatic rings. The minimum atomic E-state index is -3.74. The molecule has 0 saturated heterocycles. The second kappa shape index (κ2) is 7.93. The van der Waals surface area contributed by atoms with Gasteiger partial charge in [-0.15, -0.1) is 4.40 Å². The van der Waals surface area contributed by atoms with Gasteiger partial charge in [-0.1, -0.05) is 36.3 Å². The number of ether oxygens (including phenoxy) is 1. The summed E-state index contributed by atoms with van der Waals surface area (Å²) < 4.78 is 39.1. The lowest BCUT2D eigenvalue weighted by Crippen LogP contribution is -2.28. The fourth-order valence-corrected chi connectivity index (χ4v) is 3.73. The van der Waals surface area contributed by atoms with Crippen LogP contribution >= 0.6 is 0 Å². The quantitative estimate of drug-likeness (QED) is 0.733. The van der Waals surface area contributed by atoms with Crippen LogP contribution in [0.4, 0.5) is 0 Å². The number of carbonyl (C=O) groups excluding carboxylic acids is 1. The Morgan fingerprint density at radius 1 is 1.21 bits per heavy atom. The molecule has 0 fully saturated rings. The Hall–Kier alpha value is -3.01. The highest BCUT2D eigenvalue weighted by atomic mass is 32.2. The summed E-state index contributed by atoms with van der Waals surface area (Å²) in [5.41, 5.74) is 3.08. The Morgan fingerprint density at radius 3 is 2.57 bits per heavy atom. The molecule has 0 unspecified atom stereocenters. The van der Waals surface area contributed by atoms with E-state index in [1.54, 1.807) is 6.92 Å². The Balaban J connectivity index is 1.60. The standard InChI is InChI=1S/C18H20N4O5S/c1-4-13-5-7-14(8-6-13)18-19-16(27-20-18)10-26-17(23)9-15-11(2)21-28(24,25)22-12(15)3/h5-8,21H,4,9-10H2,1-3H3. The minimum Gasteiger partial charge on any atom is -0.455 e. The van der Waals surface area contributed by atoms with Gasteiger partial charge in [0.2, 0.25) is 5.82 Å². The number of nitrogens with one attached hydrogen (secondary N) is 1. The molecule has 1 aliphatic rings. The van der Waals surface area contributed by atoms with Crippen molar-refractivity contribution in [3.63, 3.8) is 0 Å². The number of nitrogens with zero attached hydrogens (tertiary/aromatic N) is 3. The van der Waals surface area contributed by atoms with Crippen LogP contribution in [0.3, 0.4) is 0 Å². The largest absolute Gasteiger partial charge is 0.455 e. The molecule has 0 amide bonds. The Bertz CT molecular complexity index is 1050. The van der Waals surface area contributed by atoms with Gasteiger partial charge < -0.3 is 9.26 Å². The lowest BCUT2D eigenvalue weighted by molar-refractivity contribution is -0.144. The molecule has 1 aliphatic heterocycles. The van der Waals surface area contributed by atoms with E-state index in [2.05, 4.69) is 26.2 Å². The third kappa shape index (κ3) is 4.63. The van der Waals surface area contributed by atoms with Crippen molar-refractivity contribution >= 4 is 21.9 Å². The first-order valence-corrected chi connectivity index (χ1v) is 10.1. The van der Waals surface area contributed by atoms with Crippen LogP contribution in [0.15, 0.2) is 44.5 Å². The van der Waals surface area contributed by atoms with Gasteiger partial charge in [-0.05, 0) is 25.8 Å². The predicted molar refractivity (Wildman–Crippen MR) is 101 cm³/mol. The monoisotopic (exact) mass is 404 g/mol. The first-order valence-electron chi connectivity index (χ1n) is 8.64. The SMILES string of the molecule is CCc1ccc(-c2noc(COC(=O)CC3=C(C)NS(=O)(=O)N=C3C)n2)cc1. The molecule has 0 bridgehead atoms. The number of esters is 1. The van der Waals surface area contributed by atoms with E-state index in [9.17, 15) is 13.2 Å². The number of aryl methyl sites for hydroxylation is 1. The van der Waals surface area contributed by atoms with Gasteiger partial charge in [-0.2, -0.15) is 13.4 Å². The molecular weight excluding hydrogens is 384 g/mol.